The molecule has 2 aromatic carbocycles. The molecule has 3 nitrogen and oxygen atoms in total. The van der Waals surface area contributed by atoms with E-state index in [9.17, 15) is 9.90 Å². The molecule has 0 unspecified atom stereocenters. The highest BCUT2D eigenvalue weighted by Crippen LogP contribution is 2.19. The lowest BCUT2D eigenvalue weighted by Crippen LogP contribution is -2.38. The number of nitrogens with one attached hydrogen (secondary N) is 1. The molecule has 4 bridgehead atoms. The van der Waals surface area contributed by atoms with Gasteiger partial charge in [0.25, 0.3) is 5.91 Å². The quantitative estimate of drug-likeness (QED) is 0.912. The predicted octanol–water partition coefficient (Wildman–Crippen LogP) is 3.07. The number of aryl methyl sites for hydroxylation is 4. The third-order valence-corrected chi connectivity index (χ3v) is 4.51. The Morgan fingerprint density at radius 2 is 1.50 bits per heavy atom. The van der Waals surface area contributed by atoms with Crippen LogP contribution in [0.5, 0.6) is 0 Å². The van der Waals surface area contributed by atoms with Crippen LogP contribution in [-0.2, 0) is 25.7 Å². The van der Waals surface area contributed by atoms with Gasteiger partial charge in [-0.05, 0) is 67.9 Å². The summed E-state index contributed by atoms with van der Waals surface area (Å²) in [6, 6.07) is 15.0. The molecule has 0 radical (unpaired) electrons. The number of benzene rings is 2. The molecule has 1 amide bonds. The van der Waals surface area contributed by atoms with Gasteiger partial charge in [-0.15, -0.1) is 0 Å². The summed E-state index contributed by atoms with van der Waals surface area (Å²) in [5, 5.41) is 12.7. The summed E-state index contributed by atoms with van der Waals surface area (Å²) in [5.41, 5.74) is 4.71. The van der Waals surface area contributed by atoms with Crippen molar-refractivity contribution < 1.29 is 9.90 Å². The zero-order valence-corrected chi connectivity index (χ0v) is 14.4. The van der Waals surface area contributed by atoms with Gasteiger partial charge in [0.05, 0.1) is 5.60 Å². The second kappa shape index (κ2) is 6.78. The van der Waals surface area contributed by atoms with Gasteiger partial charge >= 0.3 is 0 Å². The molecular weight excluding hydrogens is 298 g/mol. The molecule has 6 rings (SSSR count). The first-order chi connectivity index (χ1) is 11.4. The molecule has 2 N–H and O–H groups in total. The molecular formula is C21H25NO2. The highest BCUT2D eigenvalue weighted by atomic mass is 16.3. The molecule has 0 saturated heterocycles. The minimum Gasteiger partial charge on any atom is -0.389 e. The number of hydrogen-bond donors (Lipinski definition) is 2. The maximum absolute atomic E-state index is 12.6. The maximum Gasteiger partial charge on any atom is 0.251 e. The molecule has 126 valence electrons. The van der Waals surface area contributed by atoms with Crippen LogP contribution in [0, 0.1) is 0 Å². The zero-order valence-electron chi connectivity index (χ0n) is 14.4. The van der Waals surface area contributed by atoms with Gasteiger partial charge in [0.1, 0.15) is 0 Å². The van der Waals surface area contributed by atoms with Crippen molar-refractivity contribution in [3.8, 4) is 0 Å². The van der Waals surface area contributed by atoms with Crippen LogP contribution < -0.4 is 5.32 Å². The Balaban J connectivity index is 1.87. The Morgan fingerprint density at radius 3 is 2.12 bits per heavy atom. The molecule has 2 aromatic rings. The summed E-state index contributed by atoms with van der Waals surface area (Å²) in [6.07, 6.45) is 3.66. The fraction of sp³-hybridized carbons (Fsp3) is 0.381. The monoisotopic (exact) mass is 323 g/mol. The average Bonchev–Trinajstić information content (AvgIpc) is 2.54. The molecule has 0 heterocycles. The third-order valence-electron chi connectivity index (χ3n) is 4.51. The van der Waals surface area contributed by atoms with E-state index < -0.39 is 5.60 Å². The molecule has 0 fully saturated rings. The summed E-state index contributed by atoms with van der Waals surface area (Å²) >= 11 is 0. The molecule has 24 heavy (non-hydrogen) atoms. The van der Waals surface area contributed by atoms with Gasteiger partial charge in [-0.2, -0.15) is 0 Å². The maximum atomic E-state index is 12.6. The largest absolute Gasteiger partial charge is 0.389 e. The van der Waals surface area contributed by atoms with Crippen molar-refractivity contribution in [2.75, 3.05) is 6.54 Å². The van der Waals surface area contributed by atoms with Gasteiger partial charge in [-0.1, -0.05) is 36.4 Å². The Hall–Kier alpha value is -2.13. The lowest BCUT2D eigenvalue weighted by atomic mass is 9.93. The van der Waals surface area contributed by atoms with Crippen molar-refractivity contribution in [2.24, 2.45) is 0 Å². The van der Waals surface area contributed by atoms with E-state index >= 15 is 0 Å². The first kappa shape index (κ1) is 16.7. The van der Waals surface area contributed by atoms with Crippen LogP contribution in [0.25, 0.3) is 0 Å². The Labute approximate surface area is 143 Å². The summed E-state index contributed by atoms with van der Waals surface area (Å²) in [4.78, 5) is 12.6. The van der Waals surface area contributed by atoms with Crippen LogP contribution in [-0.4, -0.2) is 23.2 Å². The van der Waals surface area contributed by atoms with Crippen LogP contribution in [0.3, 0.4) is 0 Å². The van der Waals surface area contributed by atoms with Crippen LogP contribution >= 0.6 is 0 Å². The van der Waals surface area contributed by atoms with Crippen molar-refractivity contribution in [2.45, 2.75) is 45.1 Å². The molecule has 0 aromatic heterocycles. The highest BCUT2D eigenvalue weighted by molar-refractivity contribution is 5.96. The number of carbonyl (C=O) groups is 1. The highest BCUT2D eigenvalue weighted by Gasteiger charge is 2.17. The van der Waals surface area contributed by atoms with Crippen LogP contribution in [0.2, 0.25) is 0 Å². The number of hydrogen-bond acceptors (Lipinski definition) is 2. The van der Waals surface area contributed by atoms with Crippen molar-refractivity contribution in [1.82, 2.24) is 5.32 Å². The van der Waals surface area contributed by atoms with E-state index in [1.165, 1.54) is 16.7 Å². The van der Waals surface area contributed by atoms with Crippen LogP contribution in [0.4, 0.5) is 0 Å². The molecule has 3 heteroatoms. The third kappa shape index (κ3) is 4.24. The van der Waals surface area contributed by atoms with E-state index in [0.717, 1.165) is 36.8 Å². The van der Waals surface area contributed by atoms with Gasteiger partial charge in [-0.3, -0.25) is 4.79 Å². The Morgan fingerprint density at radius 1 is 0.958 bits per heavy atom. The molecule has 0 aliphatic heterocycles. The van der Waals surface area contributed by atoms with E-state index in [2.05, 4.69) is 41.7 Å². The second-order valence-corrected chi connectivity index (χ2v) is 7.30. The summed E-state index contributed by atoms with van der Waals surface area (Å²) in [5.74, 6) is -0.0973. The minimum absolute atomic E-state index is 0.0973. The normalized spacial score (nSPS) is 14.1. The fourth-order valence-electron chi connectivity index (χ4n) is 3.04. The molecule has 0 atom stereocenters. The van der Waals surface area contributed by atoms with Crippen molar-refractivity contribution in [3.63, 3.8) is 0 Å². The summed E-state index contributed by atoms with van der Waals surface area (Å²) in [6.45, 7) is 3.63. The lowest BCUT2D eigenvalue weighted by Gasteiger charge is -2.19. The Kier molecular flexibility index (Phi) is 4.72. The first-order valence-corrected chi connectivity index (χ1v) is 8.61. The van der Waals surface area contributed by atoms with Gasteiger partial charge in [0.15, 0.2) is 0 Å². The van der Waals surface area contributed by atoms with E-state index in [0.29, 0.717) is 0 Å². The van der Waals surface area contributed by atoms with E-state index in [1.807, 2.05) is 6.07 Å². The molecule has 0 saturated carbocycles. The van der Waals surface area contributed by atoms with Gasteiger partial charge in [0.2, 0.25) is 0 Å². The van der Waals surface area contributed by atoms with Gasteiger partial charge in [-0.25, -0.2) is 0 Å². The summed E-state index contributed by atoms with van der Waals surface area (Å²) in [7, 11) is 0. The van der Waals surface area contributed by atoms with Gasteiger partial charge in [0, 0.05) is 12.1 Å². The fourth-order valence-corrected chi connectivity index (χ4v) is 3.04. The first-order valence-electron chi connectivity index (χ1n) is 8.61. The lowest BCUT2D eigenvalue weighted by molar-refractivity contribution is 0.0694. The average molecular weight is 323 g/mol. The summed E-state index contributed by atoms with van der Waals surface area (Å²) < 4.78 is 0. The SMILES string of the molecule is CC(C)(O)CNC(=O)c1cc2ccc1CCc1ccc(cc1)CC2. The Bertz CT molecular complexity index is 726. The molecule has 4 aliphatic rings. The smallest absolute Gasteiger partial charge is 0.251 e. The van der Waals surface area contributed by atoms with Crippen LogP contribution in [0.15, 0.2) is 42.5 Å². The van der Waals surface area contributed by atoms with Crippen LogP contribution in [0.1, 0.15) is 46.5 Å². The second-order valence-electron chi connectivity index (χ2n) is 7.30. The van der Waals surface area contributed by atoms with Crippen molar-refractivity contribution >= 4 is 5.91 Å². The van der Waals surface area contributed by atoms with Crippen molar-refractivity contribution in [1.29, 1.82) is 0 Å². The van der Waals surface area contributed by atoms with Gasteiger partial charge < -0.3 is 10.4 Å². The minimum atomic E-state index is -0.907. The molecule has 0 spiro atoms. The van der Waals surface area contributed by atoms with E-state index in [-0.39, 0.29) is 12.5 Å². The standard InChI is InChI=1S/C21H25NO2/c1-21(2,24)14-22-20(23)19-13-17-8-7-15-3-5-16(6-4-15)9-11-18(19)12-10-17/h3-6,10,12-13,24H,7-9,11,14H2,1-2H3,(H,22,23). The molecule has 4 aliphatic carbocycles. The number of aliphatic hydroxyl groups is 1. The topological polar surface area (TPSA) is 49.3 Å². The zero-order chi connectivity index (χ0) is 17.2. The number of amides is 1. The van der Waals surface area contributed by atoms with E-state index in [1.54, 1.807) is 13.8 Å². The predicted molar refractivity (Wildman–Crippen MR) is 96.3 cm³/mol. The number of carbonyl (C=O) groups excluding carboxylic acids is 1. The van der Waals surface area contributed by atoms with E-state index in [4.69, 9.17) is 0 Å². The van der Waals surface area contributed by atoms with Crippen molar-refractivity contribution in [3.05, 3.63) is 70.3 Å². The number of rotatable bonds is 3.